The van der Waals surface area contributed by atoms with Crippen LogP contribution in [0.4, 0.5) is 0 Å². The number of hydrogen-bond acceptors (Lipinski definition) is 2. The number of carbonyl (C=O) groups is 1. The average Bonchev–Trinajstić information content (AvgIpc) is 2.97. The third kappa shape index (κ3) is 3.52. The predicted molar refractivity (Wildman–Crippen MR) is 107 cm³/mol. The van der Waals surface area contributed by atoms with Gasteiger partial charge in [-0.1, -0.05) is 42.5 Å². The molecule has 27 heavy (non-hydrogen) atoms. The molecule has 1 amide bonds. The predicted octanol–water partition coefficient (Wildman–Crippen LogP) is 4.23. The summed E-state index contributed by atoms with van der Waals surface area (Å²) in [6.07, 6.45) is 3.59. The summed E-state index contributed by atoms with van der Waals surface area (Å²) in [5.41, 5.74) is 6.60. The minimum absolute atomic E-state index is 0.0653. The van der Waals surface area contributed by atoms with E-state index >= 15 is 0 Å². The number of amides is 1. The van der Waals surface area contributed by atoms with Crippen LogP contribution >= 0.6 is 0 Å². The maximum atomic E-state index is 12.8. The van der Waals surface area contributed by atoms with Crippen LogP contribution in [0.15, 0.2) is 54.6 Å². The fraction of sp³-hybridized carbons (Fsp3) is 0.304. The first-order chi connectivity index (χ1) is 13.1. The van der Waals surface area contributed by atoms with E-state index in [1.165, 1.54) is 11.1 Å². The van der Waals surface area contributed by atoms with E-state index in [0.29, 0.717) is 6.42 Å². The molecule has 0 saturated heterocycles. The van der Waals surface area contributed by atoms with Crippen molar-refractivity contribution in [2.75, 3.05) is 0 Å². The number of hydrogen-bond donors (Lipinski definition) is 1. The molecule has 0 saturated carbocycles. The van der Waals surface area contributed by atoms with Crippen molar-refractivity contribution >= 4 is 5.91 Å². The summed E-state index contributed by atoms with van der Waals surface area (Å²) < 4.78 is 1.92. The number of fused-ring (bicyclic) bond motifs is 1. The highest BCUT2D eigenvalue weighted by molar-refractivity contribution is 5.79. The zero-order valence-corrected chi connectivity index (χ0v) is 15.9. The monoisotopic (exact) mass is 359 g/mol. The minimum atomic E-state index is 0.0653. The second kappa shape index (κ2) is 7.39. The Morgan fingerprint density at radius 3 is 2.67 bits per heavy atom. The Balaban J connectivity index is 1.52. The number of aryl methyl sites for hydroxylation is 2. The molecule has 0 radical (unpaired) electrons. The lowest BCUT2D eigenvalue weighted by molar-refractivity contribution is -0.121. The van der Waals surface area contributed by atoms with Gasteiger partial charge in [-0.3, -0.25) is 4.79 Å². The van der Waals surface area contributed by atoms with Crippen molar-refractivity contribution in [1.82, 2.24) is 15.1 Å². The topological polar surface area (TPSA) is 46.9 Å². The van der Waals surface area contributed by atoms with Gasteiger partial charge in [0.05, 0.1) is 23.8 Å². The van der Waals surface area contributed by atoms with E-state index in [2.05, 4.69) is 34.7 Å². The summed E-state index contributed by atoms with van der Waals surface area (Å²) in [6, 6.07) is 18.6. The fourth-order valence-corrected chi connectivity index (χ4v) is 4.06. The van der Waals surface area contributed by atoms with Crippen LogP contribution in [-0.4, -0.2) is 15.7 Å². The standard InChI is InChI=1S/C23H25N3O/c1-16-21(17(2)26(25-16)19-11-4-3-5-12-19)15-23(27)24-22-14-8-10-18-9-6-7-13-20(18)22/h3-7,9,11-13,22H,8,10,14-15H2,1-2H3,(H,24,27)/t22-/m0/s1. The molecule has 0 fully saturated rings. The summed E-state index contributed by atoms with van der Waals surface area (Å²) in [7, 11) is 0. The average molecular weight is 359 g/mol. The Kier molecular flexibility index (Phi) is 4.80. The second-order valence-electron chi connectivity index (χ2n) is 7.28. The molecule has 1 heterocycles. The van der Waals surface area contributed by atoms with Gasteiger partial charge in [0.15, 0.2) is 0 Å². The van der Waals surface area contributed by atoms with Crippen LogP contribution in [-0.2, 0) is 17.6 Å². The first-order valence-corrected chi connectivity index (χ1v) is 9.61. The van der Waals surface area contributed by atoms with E-state index in [1.807, 2.05) is 48.9 Å². The van der Waals surface area contributed by atoms with Gasteiger partial charge in [-0.15, -0.1) is 0 Å². The Bertz CT molecular complexity index is 959. The maximum absolute atomic E-state index is 12.8. The normalized spacial score (nSPS) is 16.0. The molecule has 1 N–H and O–H groups in total. The largest absolute Gasteiger partial charge is 0.349 e. The third-order valence-electron chi connectivity index (χ3n) is 5.48. The number of para-hydroxylation sites is 1. The molecule has 4 heteroatoms. The molecule has 0 aliphatic heterocycles. The molecule has 2 aromatic carbocycles. The van der Waals surface area contributed by atoms with Crippen LogP contribution in [0.3, 0.4) is 0 Å². The maximum Gasteiger partial charge on any atom is 0.225 e. The van der Waals surface area contributed by atoms with Gasteiger partial charge in [0.25, 0.3) is 0 Å². The van der Waals surface area contributed by atoms with Crippen molar-refractivity contribution in [3.05, 3.63) is 82.7 Å². The molecule has 0 spiro atoms. The van der Waals surface area contributed by atoms with Crippen LogP contribution < -0.4 is 5.32 Å². The number of carbonyl (C=O) groups excluding carboxylic acids is 1. The van der Waals surface area contributed by atoms with Crippen LogP contribution in [0, 0.1) is 13.8 Å². The van der Waals surface area contributed by atoms with Crippen LogP contribution in [0.25, 0.3) is 5.69 Å². The van der Waals surface area contributed by atoms with Crippen LogP contribution in [0.1, 0.15) is 47.0 Å². The van der Waals surface area contributed by atoms with E-state index in [4.69, 9.17) is 0 Å². The molecule has 4 nitrogen and oxygen atoms in total. The Morgan fingerprint density at radius 1 is 1.11 bits per heavy atom. The van der Waals surface area contributed by atoms with E-state index in [9.17, 15) is 4.79 Å². The summed E-state index contributed by atoms with van der Waals surface area (Å²) in [4.78, 5) is 12.8. The Labute approximate surface area is 160 Å². The number of aromatic nitrogens is 2. The molecule has 0 bridgehead atoms. The van der Waals surface area contributed by atoms with Crippen LogP contribution in [0.2, 0.25) is 0 Å². The Morgan fingerprint density at radius 2 is 1.85 bits per heavy atom. The molecule has 1 atom stereocenters. The SMILES string of the molecule is Cc1nn(-c2ccccc2)c(C)c1CC(=O)N[C@H]1CCCc2ccccc21. The van der Waals surface area contributed by atoms with Gasteiger partial charge in [0.1, 0.15) is 0 Å². The van der Waals surface area contributed by atoms with E-state index in [1.54, 1.807) is 0 Å². The van der Waals surface area contributed by atoms with Gasteiger partial charge < -0.3 is 5.32 Å². The molecule has 4 rings (SSSR count). The highest BCUT2D eigenvalue weighted by atomic mass is 16.1. The van der Waals surface area contributed by atoms with Crippen molar-refractivity contribution < 1.29 is 4.79 Å². The van der Waals surface area contributed by atoms with Crippen LogP contribution in [0.5, 0.6) is 0 Å². The van der Waals surface area contributed by atoms with Gasteiger partial charge in [0.2, 0.25) is 5.91 Å². The molecule has 1 aliphatic carbocycles. The number of benzene rings is 2. The van der Waals surface area contributed by atoms with E-state index < -0.39 is 0 Å². The van der Waals surface area contributed by atoms with Gasteiger partial charge >= 0.3 is 0 Å². The minimum Gasteiger partial charge on any atom is -0.349 e. The highest BCUT2D eigenvalue weighted by Gasteiger charge is 2.23. The summed E-state index contributed by atoms with van der Waals surface area (Å²) >= 11 is 0. The Hall–Kier alpha value is -2.88. The first-order valence-electron chi connectivity index (χ1n) is 9.61. The summed E-state index contributed by atoms with van der Waals surface area (Å²) in [5.74, 6) is 0.0653. The summed E-state index contributed by atoms with van der Waals surface area (Å²) in [5, 5.41) is 7.90. The molecule has 1 aliphatic rings. The number of nitrogens with one attached hydrogen (secondary N) is 1. The summed E-state index contributed by atoms with van der Waals surface area (Å²) in [6.45, 7) is 4.01. The third-order valence-corrected chi connectivity index (χ3v) is 5.48. The highest BCUT2D eigenvalue weighted by Crippen LogP contribution is 2.29. The fourth-order valence-electron chi connectivity index (χ4n) is 4.06. The zero-order valence-electron chi connectivity index (χ0n) is 15.9. The lowest BCUT2D eigenvalue weighted by atomic mass is 9.87. The zero-order chi connectivity index (χ0) is 18.8. The van der Waals surface area contributed by atoms with E-state index in [-0.39, 0.29) is 11.9 Å². The van der Waals surface area contributed by atoms with Gasteiger partial charge in [-0.2, -0.15) is 5.10 Å². The molecule has 1 aromatic heterocycles. The lowest BCUT2D eigenvalue weighted by Gasteiger charge is -2.26. The molecule has 138 valence electrons. The van der Waals surface area contributed by atoms with Crippen molar-refractivity contribution in [3.63, 3.8) is 0 Å². The smallest absolute Gasteiger partial charge is 0.225 e. The lowest BCUT2D eigenvalue weighted by Crippen LogP contribution is -2.32. The van der Waals surface area contributed by atoms with Gasteiger partial charge in [-0.05, 0) is 56.4 Å². The second-order valence-corrected chi connectivity index (χ2v) is 7.28. The van der Waals surface area contributed by atoms with Gasteiger partial charge in [0, 0.05) is 11.3 Å². The molecular weight excluding hydrogens is 334 g/mol. The molecule has 3 aromatic rings. The molecule has 0 unspecified atom stereocenters. The first kappa shape index (κ1) is 17.5. The van der Waals surface area contributed by atoms with Gasteiger partial charge in [-0.25, -0.2) is 4.68 Å². The van der Waals surface area contributed by atoms with Crippen molar-refractivity contribution in [1.29, 1.82) is 0 Å². The van der Waals surface area contributed by atoms with Crippen molar-refractivity contribution in [3.8, 4) is 5.69 Å². The van der Waals surface area contributed by atoms with Crippen molar-refractivity contribution in [2.45, 2.75) is 45.6 Å². The quantitative estimate of drug-likeness (QED) is 0.758. The van der Waals surface area contributed by atoms with Crippen molar-refractivity contribution in [2.24, 2.45) is 0 Å². The molecular formula is C23H25N3O. The number of nitrogens with zero attached hydrogens (tertiary/aromatic N) is 2. The number of rotatable bonds is 4. The van der Waals surface area contributed by atoms with E-state index in [0.717, 1.165) is 41.9 Å².